The quantitative estimate of drug-likeness (QED) is 0.767. The van der Waals surface area contributed by atoms with E-state index in [9.17, 15) is 4.79 Å². The Labute approximate surface area is 136 Å². The first kappa shape index (κ1) is 15.4. The molecule has 0 radical (unpaired) electrons. The second kappa shape index (κ2) is 7.18. The van der Waals surface area contributed by atoms with E-state index in [1.54, 1.807) is 25.3 Å². The number of rotatable bonds is 6. The Bertz CT molecular complexity index is 684. The summed E-state index contributed by atoms with van der Waals surface area (Å²) in [6.07, 6.45) is 3.12. The van der Waals surface area contributed by atoms with Crippen LogP contribution in [0, 0.1) is 0 Å². The summed E-state index contributed by atoms with van der Waals surface area (Å²) in [4.78, 5) is 13.2. The van der Waals surface area contributed by atoms with E-state index in [1.165, 1.54) is 17.7 Å². The van der Waals surface area contributed by atoms with E-state index in [0.29, 0.717) is 23.7 Å². The summed E-state index contributed by atoms with van der Waals surface area (Å²) in [6.45, 7) is 2.46. The fraction of sp³-hybridized carbons (Fsp3) is 0.316. The molecule has 1 aliphatic heterocycles. The standard InChI is InChI=1S/C19H21NO3/c1-22-19-13-15(14-21)8-9-18(19)23-12-11-20-10-4-6-16-5-2-3-7-17(16)20/h2-3,5,7-9,13-14H,4,6,10-12H2,1H3. The van der Waals surface area contributed by atoms with Crippen LogP contribution in [0.2, 0.25) is 0 Å². The highest BCUT2D eigenvalue weighted by Crippen LogP contribution is 2.29. The third kappa shape index (κ3) is 3.47. The van der Waals surface area contributed by atoms with Crippen LogP contribution in [0.3, 0.4) is 0 Å². The van der Waals surface area contributed by atoms with Crippen LogP contribution < -0.4 is 14.4 Å². The van der Waals surface area contributed by atoms with Crippen molar-refractivity contribution in [3.63, 3.8) is 0 Å². The van der Waals surface area contributed by atoms with Gasteiger partial charge in [0.25, 0.3) is 0 Å². The van der Waals surface area contributed by atoms with Gasteiger partial charge in [0.2, 0.25) is 0 Å². The summed E-state index contributed by atoms with van der Waals surface area (Å²) < 4.78 is 11.2. The minimum atomic E-state index is 0.575. The van der Waals surface area contributed by atoms with Crippen molar-refractivity contribution in [2.45, 2.75) is 12.8 Å². The third-order valence-electron chi connectivity index (χ3n) is 4.15. The van der Waals surface area contributed by atoms with Crippen molar-refractivity contribution in [2.24, 2.45) is 0 Å². The molecule has 3 rings (SSSR count). The number of anilines is 1. The van der Waals surface area contributed by atoms with Crippen LogP contribution in [-0.2, 0) is 6.42 Å². The molecule has 0 atom stereocenters. The van der Waals surface area contributed by atoms with Gasteiger partial charge < -0.3 is 14.4 Å². The van der Waals surface area contributed by atoms with Gasteiger partial charge in [-0.05, 0) is 42.7 Å². The first-order valence-electron chi connectivity index (χ1n) is 7.90. The molecule has 23 heavy (non-hydrogen) atoms. The zero-order valence-corrected chi connectivity index (χ0v) is 13.3. The van der Waals surface area contributed by atoms with Crippen molar-refractivity contribution in [3.8, 4) is 11.5 Å². The monoisotopic (exact) mass is 311 g/mol. The molecule has 0 unspecified atom stereocenters. The van der Waals surface area contributed by atoms with Crippen molar-refractivity contribution in [1.29, 1.82) is 0 Å². The number of aryl methyl sites for hydroxylation is 1. The number of para-hydroxylation sites is 1. The van der Waals surface area contributed by atoms with Crippen molar-refractivity contribution in [3.05, 3.63) is 53.6 Å². The molecular formula is C19H21NO3. The average molecular weight is 311 g/mol. The topological polar surface area (TPSA) is 38.8 Å². The van der Waals surface area contributed by atoms with E-state index in [-0.39, 0.29) is 0 Å². The molecular weight excluding hydrogens is 290 g/mol. The number of carbonyl (C=O) groups excluding carboxylic acids is 1. The number of fused-ring (bicyclic) bond motifs is 1. The molecule has 2 aromatic carbocycles. The number of aldehydes is 1. The van der Waals surface area contributed by atoms with E-state index < -0.39 is 0 Å². The Morgan fingerprint density at radius 3 is 2.87 bits per heavy atom. The molecule has 4 nitrogen and oxygen atoms in total. The lowest BCUT2D eigenvalue weighted by atomic mass is 10.0. The van der Waals surface area contributed by atoms with Gasteiger partial charge in [0, 0.05) is 17.8 Å². The smallest absolute Gasteiger partial charge is 0.161 e. The molecule has 0 saturated heterocycles. The van der Waals surface area contributed by atoms with Crippen LogP contribution >= 0.6 is 0 Å². The molecule has 0 aromatic heterocycles. The maximum atomic E-state index is 10.8. The summed E-state index contributed by atoms with van der Waals surface area (Å²) in [6, 6.07) is 13.8. The van der Waals surface area contributed by atoms with Gasteiger partial charge in [0.15, 0.2) is 11.5 Å². The first-order chi connectivity index (χ1) is 11.3. The molecule has 0 bridgehead atoms. The second-order valence-electron chi connectivity index (χ2n) is 5.60. The van der Waals surface area contributed by atoms with Crippen molar-refractivity contribution in [2.75, 3.05) is 31.7 Å². The Balaban J connectivity index is 1.63. The molecule has 0 fully saturated rings. The Hall–Kier alpha value is -2.49. The van der Waals surface area contributed by atoms with Crippen LogP contribution in [0.5, 0.6) is 11.5 Å². The van der Waals surface area contributed by atoms with Gasteiger partial charge in [-0.25, -0.2) is 0 Å². The van der Waals surface area contributed by atoms with Crippen LogP contribution in [0.15, 0.2) is 42.5 Å². The number of benzene rings is 2. The lowest BCUT2D eigenvalue weighted by molar-refractivity contribution is 0.112. The van der Waals surface area contributed by atoms with Gasteiger partial charge in [-0.3, -0.25) is 4.79 Å². The number of hydrogen-bond acceptors (Lipinski definition) is 4. The molecule has 0 spiro atoms. The van der Waals surface area contributed by atoms with Gasteiger partial charge in [-0.1, -0.05) is 18.2 Å². The third-order valence-corrected chi connectivity index (χ3v) is 4.15. The van der Waals surface area contributed by atoms with Gasteiger partial charge in [-0.2, -0.15) is 0 Å². The average Bonchev–Trinajstić information content (AvgIpc) is 2.62. The molecule has 0 N–H and O–H groups in total. The Kier molecular flexibility index (Phi) is 4.81. The maximum Gasteiger partial charge on any atom is 0.161 e. The number of nitrogens with zero attached hydrogens (tertiary/aromatic N) is 1. The van der Waals surface area contributed by atoms with Gasteiger partial charge >= 0.3 is 0 Å². The highest BCUT2D eigenvalue weighted by Gasteiger charge is 2.16. The largest absolute Gasteiger partial charge is 0.493 e. The Morgan fingerprint density at radius 1 is 1.17 bits per heavy atom. The molecule has 4 heteroatoms. The van der Waals surface area contributed by atoms with Crippen molar-refractivity contribution in [1.82, 2.24) is 0 Å². The molecule has 1 aliphatic rings. The van der Waals surface area contributed by atoms with E-state index in [4.69, 9.17) is 9.47 Å². The normalized spacial score (nSPS) is 13.3. The molecule has 1 heterocycles. The van der Waals surface area contributed by atoms with Crippen molar-refractivity contribution >= 4 is 12.0 Å². The highest BCUT2D eigenvalue weighted by molar-refractivity contribution is 5.76. The fourth-order valence-corrected chi connectivity index (χ4v) is 2.99. The zero-order chi connectivity index (χ0) is 16.1. The lowest BCUT2D eigenvalue weighted by Gasteiger charge is -2.31. The molecule has 0 saturated carbocycles. The number of carbonyl (C=O) groups is 1. The minimum Gasteiger partial charge on any atom is -0.493 e. The van der Waals surface area contributed by atoms with Gasteiger partial charge in [-0.15, -0.1) is 0 Å². The minimum absolute atomic E-state index is 0.575. The van der Waals surface area contributed by atoms with Gasteiger partial charge in [0.1, 0.15) is 12.9 Å². The van der Waals surface area contributed by atoms with Crippen LogP contribution in [0.25, 0.3) is 0 Å². The first-order valence-corrected chi connectivity index (χ1v) is 7.90. The van der Waals surface area contributed by atoms with E-state index in [1.807, 2.05) is 0 Å². The SMILES string of the molecule is COc1cc(C=O)ccc1OCCN1CCCc2ccccc21. The molecule has 120 valence electrons. The number of ether oxygens (including phenoxy) is 2. The summed E-state index contributed by atoms with van der Waals surface area (Å²) >= 11 is 0. The molecule has 0 amide bonds. The predicted octanol–water partition coefficient (Wildman–Crippen LogP) is 3.34. The van der Waals surface area contributed by atoms with E-state index >= 15 is 0 Å². The molecule has 2 aromatic rings. The van der Waals surface area contributed by atoms with Crippen LogP contribution in [0.1, 0.15) is 22.3 Å². The highest BCUT2D eigenvalue weighted by atomic mass is 16.5. The number of hydrogen-bond donors (Lipinski definition) is 0. The maximum absolute atomic E-state index is 10.8. The predicted molar refractivity (Wildman–Crippen MR) is 90.9 cm³/mol. The Morgan fingerprint density at radius 2 is 2.04 bits per heavy atom. The van der Waals surface area contributed by atoms with Crippen LogP contribution in [-0.4, -0.2) is 33.1 Å². The van der Waals surface area contributed by atoms with Gasteiger partial charge in [0.05, 0.1) is 13.7 Å². The fourth-order valence-electron chi connectivity index (χ4n) is 2.99. The summed E-state index contributed by atoms with van der Waals surface area (Å²) in [7, 11) is 1.58. The van der Waals surface area contributed by atoms with E-state index in [2.05, 4.69) is 29.2 Å². The van der Waals surface area contributed by atoms with E-state index in [0.717, 1.165) is 25.8 Å². The summed E-state index contributed by atoms with van der Waals surface area (Å²) in [5.74, 6) is 1.26. The zero-order valence-electron chi connectivity index (χ0n) is 13.3. The number of methoxy groups -OCH3 is 1. The van der Waals surface area contributed by atoms with Crippen LogP contribution in [0.4, 0.5) is 5.69 Å². The summed E-state index contributed by atoms with van der Waals surface area (Å²) in [5, 5.41) is 0. The molecule has 0 aliphatic carbocycles. The van der Waals surface area contributed by atoms with Crippen molar-refractivity contribution < 1.29 is 14.3 Å². The summed E-state index contributed by atoms with van der Waals surface area (Å²) in [5.41, 5.74) is 3.30. The lowest BCUT2D eigenvalue weighted by Crippen LogP contribution is -2.33. The second-order valence-corrected chi connectivity index (χ2v) is 5.60.